The molecule has 3 aromatic rings. The summed E-state index contributed by atoms with van der Waals surface area (Å²) in [4.78, 5) is 20.1. The Labute approximate surface area is 217 Å². The molecule has 2 aromatic heterocycles. The molecule has 1 saturated carbocycles. The average molecular weight is 500 g/mol. The molecule has 7 heteroatoms. The number of nitrogens with zero attached hydrogens (tertiary/aromatic N) is 5. The van der Waals surface area contributed by atoms with Gasteiger partial charge < -0.3 is 14.5 Å². The number of aromatic nitrogens is 3. The average Bonchev–Trinajstić information content (AvgIpc) is 3.53. The number of hydrogen-bond acceptors (Lipinski definition) is 7. The summed E-state index contributed by atoms with van der Waals surface area (Å²) in [6.45, 7) is 2.84. The first-order chi connectivity index (χ1) is 17.6. The van der Waals surface area contributed by atoms with Crippen LogP contribution in [-0.2, 0) is 12.8 Å². The fourth-order valence-electron chi connectivity index (χ4n) is 6.89. The minimum absolute atomic E-state index is 0.110. The zero-order valence-corrected chi connectivity index (χ0v) is 21.8. The van der Waals surface area contributed by atoms with Crippen LogP contribution in [0.1, 0.15) is 49.7 Å². The molecular weight excluding hydrogens is 466 g/mol. The van der Waals surface area contributed by atoms with E-state index in [4.69, 9.17) is 14.7 Å². The van der Waals surface area contributed by atoms with Gasteiger partial charge in [-0.15, -0.1) is 0 Å². The Morgan fingerprint density at radius 1 is 0.889 bits per heavy atom. The highest BCUT2D eigenvalue weighted by Gasteiger charge is 2.44. The Morgan fingerprint density at radius 2 is 1.64 bits per heavy atom. The summed E-state index contributed by atoms with van der Waals surface area (Å²) in [5, 5.41) is 0.888. The normalized spacial score (nSPS) is 21.5. The number of benzene rings is 1. The Kier molecular flexibility index (Phi) is 5.38. The number of rotatable bonds is 3. The van der Waals surface area contributed by atoms with Gasteiger partial charge in [-0.3, -0.25) is 0 Å². The number of likely N-dealkylation sites (N-methyl/N-ethyl adjacent to an activating group) is 1. The van der Waals surface area contributed by atoms with Gasteiger partial charge in [-0.1, -0.05) is 48.9 Å². The molecule has 2 spiro atoms. The van der Waals surface area contributed by atoms with E-state index < -0.39 is 0 Å². The van der Waals surface area contributed by atoms with Crippen molar-refractivity contribution in [3.05, 3.63) is 60.0 Å². The van der Waals surface area contributed by atoms with Crippen molar-refractivity contribution in [2.45, 2.75) is 66.8 Å². The van der Waals surface area contributed by atoms with Crippen molar-refractivity contribution in [3.63, 3.8) is 0 Å². The molecular formula is C29H33N5OS. The summed E-state index contributed by atoms with van der Waals surface area (Å²) >= 11 is 1.62. The van der Waals surface area contributed by atoms with Crippen LogP contribution in [0, 0.1) is 5.41 Å². The van der Waals surface area contributed by atoms with Crippen LogP contribution < -0.4 is 14.5 Å². The predicted octanol–water partition coefficient (Wildman–Crippen LogP) is 5.55. The quantitative estimate of drug-likeness (QED) is 0.468. The van der Waals surface area contributed by atoms with E-state index in [0.717, 1.165) is 47.0 Å². The maximum absolute atomic E-state index is 6.34. The van der Waals surface area contributed by atoms with Crippen molar-refractivity contribution in [1.29, 1.82) is 0 Å². The molecule has 1 aromatic carbocycles. The summed E-state index contributed by atoms with van der Waals surface area (Å²) in [6, 6.07) is 11.0. The molecule has 36 heavy (non-hydrogen) atoms. The van der Waals surface area contributed by atoms with Crippen LogP contribution in [0.4, 0.5) is 11.6 Å². The molecule has 7 rings (SSSR count). The largest absolute Gasteiger partial charge is 0.486 e. The molecule has 6 nitrogen and oxygen atoms in total. The zero-order chi connectivity index (χ0) is 24.2. The van der Waals surface area contributed by atoms with Crippen LogP contribution in [-0.4, -0.2) is 47.2 Å². The molecule has 0 unspecified atom stereocenters. The van der Waals surface area contributed by atoms with Gasteiger partial charge in [-0.05, 0) is 61.1 Å². The second kappa shape index (κ2) is 8.65. The van der Waals surface area contributed by atoms with Crippen LogP contribution in [0.25, 0.3) is 0 Å². The standard InChI is InChI=1S/C29H33N5OS/c1-33-27-26(35-20-29(33)9-4-5-10-29)23(8-13-30-27)36-25-19-31-24(18-32-25)34-14-11-28(12-15-34)16-21-6-2-3-7-22(21)17-28/h2-3,6-8,13,18-19H,4-5,9-12,14-17,20H2,1H3. The number of ether oxygens (including phenoxy) is 1. The highest BCUT2D eigenvalue weighted by atomic mass is 32.2. The smallest absolute Gasteiger partial charge is 0.175 e. The first-order valence-corrected chi connectivity index (χ1v) is 14.1. The van der Waals surface area contributed by atoms with Gasteiger partial charge >= 0.3 is 0 Å². The van der Waals surface area contributed by atoms with Gasteiger partial charge in [0.2, 0.25) is 0 Å². The second-order valence-electron chi connectivity index (χ2n) is 11.2. The van der Waals surface area contributed by atoms with E-state index in [1.807, 2.05) is 24.7 Å². The molecule has 186 valence electrons. The Hall–Kier alpha value is -2.80. The van der Waals surface area contributed by atoms with E-state index in [9.17, 15) is 0 Å². The number of hydrogen-bond donors (Lipinski definition) is 0. The summed E-state index contributed by atoms with van der Waals surface area (Å²) < 4.78 is 6.34. The van der Waals surface area contributed by atoms with Gasteiger partial charge in [0.05, 0.1) is 22.8 Å². The Bertz CT molecular complexity index is 1240. The first-order valence-electron chi connectivity index (χ1n) is 13.3. The molecule has 2 fully saturated rings. The minimum Gasteiger partial charge on any atom is -0.486 e. The second-order valence-corrected chi connectivity index (χ2v) is 12.2. The van der Waals surface area contributed by atoms with E-state index in [1.165, 1.54) is 51.4 Å². The predicted molar refractivity (Wildman–Crippen MR) is 143 cm³/mol. The van der Waals surface area contributed by atoms with Gasteiger partial charge in [0.1, 0.15) is 17.5 Å². The summed E-state index contributed by atoms with van der Waals surface area (Å²) in [5.41, 5.74) is 3.66. The van der Waals surface area contributed by atoms with E-state index in [2.05, 4.69) is 46.1 Å². The number of piperidine rings is 1. The van der Waals surface area contributed by atoms with Crippen molar-refractivity contribution < 1.29 is 4.74 Å². The highest BCUT2D eigenvalue weighted by molar-refractivity contribution is 7.99. The summed E-state index contributed by atoms with van der Waals surface area (Å²) in [7, 11) is 2.18. The molecule has 0 bridgehead atoms. The monoisotopic (exact) mass is 499 g/mol. The Balaban J connectivity index is 1.02. The topological polar surface area (TPSA) is 54.4 Å². The molecule has 0 amide bonds. The fourth-order valence-corrected chi connectivity index (χ4v) is 7.70. The van der Waals surface area contributed by atoms with E-state index >= 15 is 0 Å². The molecule has 2 aliphatic carbocycles. The third-order valence-corrected chi connectivity index (χ3v) is 10.1. The first kappa shape index (κ1) is 22.4. The highest BCUT2D eigenvalue weighted by Crippen LogP contribution is 2.48. The van der Waals surface area contributed by atoms with Gasteiger partial charge in [0, 0.05) is 26.3 Å². The lowest BCUT2D eigenvalue weighted by atomic mass is 9.76. The molecule has 1 saturated heterocycles. The van der Waals surface area contributed by atoms with Gasteiger partial charge in [-0.25, -0.2) is 15.0 Å². The van der Waals surface area contributed by atoms with Crippen LogP contribution in [0.5, 0.6) is 5.75 Å². The lowest BCUT2D eigenvalue weighted by Crippen LogP contribution is -2.52. The minimum atomic E-state index is 0.110. The molecule has 4 aliphatic rings. The Morgan fingerprint density at radius 3 is 2.33 bits per heavy atom. The van der Waals surface area contributed by atoms with Crippen molar-refractivity contribution in [1.82, 2.24) is 15.0 Å². The molecule has 0 radical (unpaired) electrons. The van der Waals surface area contributed by atoms with E-state index in [-0.39, 0.29) is 5.54 Å². The van der Waals surface area contributed by atoms with Crippen LogP contribution in [0.15, 0.2) is 58.8 Å². The van der Waals surface area contributed by atoms with Crippen molar-refractivity contribution >= 4 is 23.4 Å². The maximum atomic E-state index is 6.34. The third kappa shape index (κ3) is 3.74. The fraction of sp³-hybridized carbons (Fsp3) is 0.483. The van der Waals surface area contributed by atoms with E-state index in [1.54, 1.807) is 22.9 Å². The van der Waals surface area contributed by atoms with Gasteiger partial charge in [0.15, 0.2) is 11.6 Å². The summed E-state index contributed by atoms with van der Waals surface area (Å²) in [5.74, 6) is 2.82. The van der Waals surface area contributed by atoms with Crippen LogP contribution >= 0.6 is 11.8 Å². The molecule has 0 atom stereocenters. The van der Waals surface area contributed by atoms with Crippen molar-refractivity contribution in [3.8, 4) is 5.75 Å². The molecule has 0 N–H and O–H groups in total. The number of anilines is 2. The molecule has 2 aliphatic heterocycles. The van der Waals surface area contributed by atoms with Crippen molar-refractivity contribution in [2.24, 2.45) is 5.41 Å². The third-order valence-electron chi connectivity index (χ3n) is 9.12. The number of pyridine rings is 1. The van der Waals surface area contributed by atoms with Crippen LogP contribution in [0.3, 0.4) is 0 Å². The van der Waals surface area contributed by atoms with Crippen molar-refractivity contribution in [2.75, 3.05) is 36.5 Å². The van der Waals surface area contributed by atoms with Crippen LogP contribution in [0.2, 0.25) is 0 Å². The maximum Gasteiger partial charge on any atom is 0.175 e. The lowest BCUT2D eigenvalue weighted by molar-refractivity contribution is 0.189. The lowest BCUT2D eigenvalue weighted by Gasteiger charge is -2.44. The number of fused-ring (bicyclic) bond motifs is 2. The van der Waals surface area contributed by atoms with E-state index in [0.29, 0.717) is 5.41 Å². The van der Waals surface area contributed by atoms with Gasteiger partial charge in [-0.2, -0.15) is 0 Å². The van der Waals surface area contributed by atoms with Gasteiger partial charge in [0.25, 0.3) is 0 Å². The SMILES string of the molecule is CN1c2nccc(Sc3cnc(N4CCC5(CC4)Cc4ccccc4C5)cn3)c2OCC12CCCC2. The summed E-state index contributed by atoms with van der Waals surface area (Å²) in [6.07, 6.45) is 15.5. The zero-order valence-electron chi connectivity index (χ0n) is 20.9. The molecule has 4 heterocycles.